The lowest BCUT2D eigenvalue weighted by Gasteiger charge is -2.01. The van der Waals surface area contributed by atoms with Gasteiger partial charge in [0.2, 0.25) is 5.91 Å². The first-order valence-electron chi connectivity index (χ1n) is 4.56. The summed E-state index contributed by atoms with van der Waals surface area (Å²) in [5.74, 6) is -0.693. The Hall–Kier alpha value is -1.06. The van der Waals surface area contributed by atoms with Crippen molar-refractivity contribution in [3.8, 4) is 0 Å². The molecule has 0 aromatic heterocycles. The molecule has 0 aliphatic rings. The van der Waals surface area contributed by atoms with Gasteiger partial charge in [0.25, 0.3) is 0 Å². The van der Waals surface area contributed by atoms with Gasteiger partial charge in [-0.1, -0.05) is 35.4 Å². The Morgan fingerprint density at radius 2 is 2.19 bits per heavy atom. The highest BCUT2D eigenvalue weighted by Gasteiger charge is 2.05. The molecule has 0 unspecified atom stereocenters. The first-order chi connectivity index (χ1) is 7.50. The number of benzene rings is 1. The van der Waals surface area contributed by atoms with Crippen LogP contribution in [-0.4, -0.2) is 12.5 Å². The molecule has 1 aromatic carbocycles. The number of hydrogen-bond acceptors (Lipinski definition) is 1. The lowest BCUT2D eigenvalue weighted by atomic mass is 10.2. The molecule has 0 saturated carbocycles. The van der Waals surface area contributed by atoms with Gasteiger partial charge in [-0.25, -0.2) is 4.39 Å². The normalized spacial score (nSPS) is 10.8. The van der Waals surface area contributed by atoms with Crippen LogP contribution < -0.4 is 5.32 Å². The van der Waals surface area contributed by atoms with Crippen LogP contribution in [0.5, 0.6) is 0 Å². The molecular weight excluding hydrogens is 252 g/mol. The molecule has 5 heteroatoms. The van der Waals surface area contributed by atoms with Gasteiger partial charge >= 0.3 is 0 Å². The number of hydrogen-bond donors (Lipinski definition) is 1. The van der Waals surface area contributed by atoms with Crippen LogP contribution in [0.3, 0.4) is 0 Å². The Morgan fingerprint density at radius 1 is 1.50 bits per heavy atom. The van der Waals surface area contributed by atoms with E-state index >= 15 is 0 Å². The van der Waals surface area contributed by atoms with E-state index in [4.69, 9.17) is 23.2 Å². The van der Waals surface area contributed by atoms with Crippen LogP contribution >= 0.6 is 23.2 Å². The smallest absolute Gasteiger partial charge is 0.217 e. The summed E-state index contributed by atoms with van der Waals surface area (Å²) < 4.78 is 13.2. The summed E-state index contributed by atoms with van der Waals surface area (Å²) >= 11 is 11.4. The maximum absolute atomic E-state index is 13.2. The molecule has 0 radical (unpaired) electrons. The molecule has 16 heavy (non-hydrogen) atoms. The van der Waals surface area contributed by atoms with Gasteiger partial charge in [0.1, 0.15) is 5.82 Å². The summed E-state index contributed by atoms with van der Waals surface area (Å²) in [5, 5.41) is 2.86. The van der Waals surface area contributed by atoms with Crippen LogP contribution in [0.25, 0.3) is 6.08 Å². The highest BCUT2D eigenvalue weighted by Crippen LogP contribution is 2.25. The van der Waals surface area contributed by atoms with Crippen LogP contribution in [0.2, 0.25) is 10.0 Å². The summed E-state index contributed by atoms with van der Waals surface area (Å²) in [6.45, 7) is 1.78. The van der Waals surface area contributed by atoms with Crippen molar-refractivity contribution in [2.24, 2.45) is 0 Å². The summed E-state index contributed by atoms with van der Waals surface area (Å²) in [4.78, 5) is 10.6. The molecule has 1 N–H and O–H groups in total. The van der Waals surface area contributed by atoms with Gasteiger partial charge < -0.3 is 5.32 Å². The van der Waals surface area contributed by atoms with Crippen LogP contribution in [0.1, 0.15) is 12.5 Å². The maximum Gasteiger partial charge on any atom is 0.217 e. The summed E-state index contributed by atoms with van der Waals surface area (Å²) in [7, 11) is 0. The molecule has 0 heterocycles. The fourth-order valence-electron chi connectivity index (χ4n) is 1.09. The average Bonchev–Trinajstić information content (AvgIpc) is 2.19. The molecular formula is C11H10Cl2FNO. The topological polar surface area (TPSA) is 29.1 Å². The molecule has 1 aromatic rings. The number of halogens is 3. The van der Waals surface area contributed by atoms with E-state index in [-0.39, 0.29) is 16.0 Å². The van der Waals surface area contributed by atoms with Crippen molar-refractivity contribution in [3.05, 3.63) is 39.6 Å². The fourth-order valence-corrected chi connectivity index (χ4v) is 1.47. The quantitative estimate of drug-likeness (QED) is 0.832. The van der Waals surface area contributed by atoms with Gasteiger partial charge in [-0.2, -0.15) is 0 Å². The minimum atomic E-state index is -0.562. The van der Waals surface area contributed by atoms with Crippen LogP contribution in [0.15, 0.2) is 18.2 Å². The van der Waals surface area contributed by atoms with Crippen molar-refractivity contribution < 1.29 is 9.18 Å². The standard InChI is InChI=1S/C11H10Cl2FNO/c1-7(16)15-4-2-3-8-5-9(12)6-10(14)11(8)13/h2-3,5-6H,4H2,1H3,(H,15,16). The highest BCUT2D eigenvalue weighted by atomic mass is 35.5. The van der Waals surface area contributed by atoms with Gasteiger partial charge in [0.15, 0.2) is 0 Å². The molecule has 2 nitrogen and oxygen atoms in total. The Labute approximate surface area is 103 Å². The second-order valence-corrected chi connectivity index (χ2v) is 3.94. The molecule has 0 fully saturated rings. The first kappa shape index (κ1) is 13.0. The molecule has 0 bridgehead atoms. The summed E-state index contributed by atoms with van der Waals surface area (Å²) in [6.07, 6.45) is 3.27. The Bertz CT molecular complexity index is 432. The fraction of sp³-hybridized carbons (Fsp3) is 0.182. The lowest BCUT2D eigenvalue weighted by molar-refractivity contribution is -0.118. The molecule has 0 aliphatic heterocycles. The minimum Gasteiger partial charge on any atom is -0.353 e. The van der Waals surface area contributed by atoms with Crippen molar-refractivity contribution in [2.45, 2.75) is 6.92 Å². The molecule has 1 amide bonds. The highest BCUT2D eigenvalue weighted by molar-refractivity contribution is 6.34. The SMILES string of the molecule is CC(=O)NCC=Cc1cc(Cl)cc(F)c1Cl. The Morgan fingerprint density at radius 3 is 2.81 bits per heavy atom. The second kappa shape index (κ2) is 5.87. The molecule has 0 saturated heterocycles. The monoisotopic (exact) mass is 261 g/mol. The zero-order valence-corrected chi connectivity index (χ0v) is 10.1. The number of rotatable bonds is 3. The van der Waals surface area contributed by atoms with Crippen LogP contribution in [-0.2, 0) is 4.79 Å². The third kappa shape index (κ3) is 3.83. The van der Waals surface area contributed by atoms with Gasteiger partial charge in [-0.05, 0) is 17.7 Å². The number of carbonyl (C=O) groups is 1. The predicted octanol–water partition coefficient (Wildman–Crippen LogP) is 3.28. The van der Waals surface area contributed by atoms with E-state index in [1.54, 1.807) is 18.2 Å². The number of nitrogens with one attached hydrogen (secondary N) is 1. The van der Waals surface area contributed by atoms with Gasteiger partial charge in [0.05, 0.1) is 5.02 Å². The zero-order chi connectivity index (χ0) is 12.1. The van der Waals surface area contributed by atoms with Crippen molar-refractivity contribution in [1.29, 1.82) is 0 Å². The Kier molecular flexibility index (Phi) is 4.77. The van der Waals surface area contributed by atoms with E-state index < -0.39 is 5.82 Å². The lowest BCUT2D eigenvalue weighted by Crippen LogP contribution is -2.19. The van der Waals surface area contributed by atoms with Crippen molar-refractivity contribution in [3.63, 3.8) is 0 Å². The van der Waals surface area contributed by atoms with E-state index in [1.807, 2.05) is 0 Å². The molecule has 86 valence electrons. The molecule has 1 rings (SSSR count). The molecule has 0 aliphatic carbocycles. The van der Waals surface area contributed by atoms with Crippen LogP contribution in [0, 0.1) is 5.82 Å². The minimum absolute atomic E-state index is 0.0171. The first-order valence-corrected chi connectivity index (χ1v) is 5.32. The molecule has 0 atom stereocenters. The van der Waals surface area contributed by atoms with Gasteiger partial charge in [0, 0.05) is 18.5 Å². The third-order valence-corrected chi connectivity index (χ3v) is 2.40. The van der Waals surface area contributed by atoms with E-state index in [2.05, 4.69) is 5.32 Å². The van der Waals surface area contributed by atoms with Crippen molar-refractivity contribution >= 4 is 35.2 Å². The number of carbonyl (C=O) groups excluding carboxylic acids is 1. The average molecular weight is 262 g/mol. The summed E-state index contributed by atoms with van der Waals surface area (Å²) in [5.41, 5.74) is 0.483. The van der Waals surface area contributed by atoms with Crippen molar-refractivity contribution in [1.82, 2.24) is 5.32 Å². The van der Waals surface area contributed by atoms with E-state index in [0.717, 1.165) is 6.07 Å². The largest absolute Gasteiger partial charge is 0.353 e. The number of amides is 1. The summed E-state index contributed by atoms with van der Waals surface area (Å²) in [6, 6.07) is 2.70. The van der Waals surface area contributed by atoms with E-state index in [9.17, 15) is 9.18 Å². The van der Waals surface area contributed by atoms with E-state index in [1.165, 1.54) is 6.92 Å². The van der Waals surface area contributed by atoms with Gasteiger partial charge in [-0.3, -0.25) is 4.79 Å². The Balaban J connectivity index is 2.77. The maximum atomic E-state index is 13.2. The predicted molar refractivity (Wildman–Crippen MR) is 64.1 cm³/mol. The van der Waals surface area contributed by atoms with Crippen molar-refractivity contribution in [2.75, 3.05) is 6.54 Å². The van der Waals surface area contributed by atoms with E-state index in [0.29, 0.717) is 12.1 Å². The molecule has 0 spiro atoms. The second-order valence-electron chi connectivity index (χ2n) is 3.13. The van der Waals surface area contributed by atoms with Crippen LogP contribution in [0.4, 0.5) is 4.39 Å². The zero-order valence-electron chi connectivity index (χ0n) is 8.56. The van der Waals surface area contributed by atoms with Gasteiger partial charge in [-0.15, -0.1) is 0 Å². The third-order valence-electron chi connectivity index (χ3n) is 1.79.